The molecular formula is C92H121Cl2F4N21O6S6. The van der Waals surface area contributed by atoms with Crippen molar-refractivity contribution < 1.29 is 46.2 Å². The van der Waals surface area contributed by atoms with E-state index >= 15 is 4.39 Å². The number of likely N-dealkylation sites (N-methyl/N-ethyl adjacent to an activating group) is 3. The van der Waals surface area contributed by atoms with Crippen LogP contribution in [0, 0.1) is 35.1 Å². The van der Waals surface area contributed by atoms with Gasteiger partial charge in [0.15, 0.2) is 0 Å². The molecule has 3 aromatic heterocycles. The Morgan fingerprint density at radius 3 is 1.31 bits per heavy atom. The first-order valence-electron chi connectivity index (χ1n) is 43.4. The summed E-state index contributed by atoms with van der Waals surface area (Å²) in [7, 11) is 4.25. The summed E-state index contributed by atoms with van der Waals surface area (Å²) in [6.45, 7) is 35.8. The van der Waals surface area contributed by atoms with Crippen molar-refractivity contribution >= 4 is 167 Å². The molecule has 6 fully saturated rings. The van der Waals surface area contributed by atoms with Gasteiger partial charge in [-0.1, -0.05) is 93.2 Å². The number of amides is 3. The molecule has 0 saturated carbocycles. The van der Waals surface area contributed by atoms with Crippen LogP contribution in [0.3, 0.4) is 0 Å². The molecule has 27 nitrogen and oxygen atoms in total. The van der Waals surface area contributed by atoms with E-state index in [4.69, 9.17) is 73.9 Å². The number of piperazine rings is 3. The molecule has 131 heavy (non-hydrogen) atoms. The fourth-order valence-corrected chi connectivity index (χ4v) is 19.7. The van der Waals surface area contributed by atoms with E-state index in [0.717, 1.165) is 145 Å². The number of nitriles is 2. The van der Waals surface area contributed by atoms with Gasteiger partial charge in [0.2, 0.25) is 24.3 Å². The number of likely N-dealkylation sites (tertiary alicyclic amines) is 3. The number of nitrogens with zero attached hydrogens (tertiary/aromatic N) is 21. The lowest BCUT2D eigenvalue weighted by atomic mass is 10.0. The first kappa shape index (κ1) is 107. The highest BCUT2D eigenvalue weighted by Crippen LogP contribution is 2.45. The van der Waals surface area contributed by atoms with Gasteiger partial charge in [-0.3, -0.25) is 19.3 Å². The van der Waals surface area contributed by atoms with Crippen LogP contribution in [0.4, 0.5) is 52.1 Å². The first-order chi connectivity index (χ1) is 60.5. The highest BCUT2D eigenvalue weighted by molar-refractivity contribution is 7.60. The van der Waals surface area contributed by atoms with Gasteiger partial charge in [0, 0.05) is 135 Å². The molecule has 0 radical (unpaired) electrons. The van der Waals surface area contributed by atoms with E-state index in [1.165, 1.54) is 48.9 Å². The van der Waals surface area contributed by atoms with Crippen LogP contribution in [0.15, 0.2) is 111 Å². The van der Waals surface area contributed by atoms with Gasteiger partial charge in [-0.2, -0.15) is 135 Å². The number of alkyl halides is 3. The summed E-state index contributed by atoms with van der Waals surface area (Å²) in [6, 6.07) is 26.7. The molecule has 39 heteroatoms. The molecule has 3 amide bonds. The standard InChI is InChI=1S/C32H36FN7O2.C30H35ClF3N7O2.C30H38ClN7O2.6H2S/c1-4-29(41)40-17-16-39(19-24(40)18-34-2)31-25-13-15-38(28-12-6-9-22-8-5-11-26(33)30(22)28)20-27(25)35-32(36-31)42-21-23-10-7-14-37(23)3;1-3-26(42)41-16-15-40(17-20(41)10-12-35)28-22-11-14-39(25-9-5-8-23(31)27(25)30(32,33)34)18-24(22)36-29(37-28)43-19-21-7-6-13-38(21)4-2;1-4-23-25(31)9-6-10-27(23)36-15-12-24-26(19-36)33-30(40-20-22-8-7-14-35(22)3)34-29(24)37-16-17-38(28(39)5-2)21(18-37)11-13-32;;;;;;/h4-6,8-9,11-12,23-24H,1,7,10,13-21H2,3H3;3,5,8-9,20-21H,1,4,6-7,10-11,13-19H2,2H3;5-6,9-10,21-22H,2,4,7-8,11-12,14-20H2,1,3H3;6*1H2/t23-,24-;20-,21-;21-,22-;;;;;;/m000....../s1. The second kappa shape index (κ2) is 49.3. The largest absolute Gasteiger partial charge is 0.462 e. The number of halogens is 6. The number of benzene rings is 4. The Morgan fingerprint density at radius 1 is 0.504 bits per heavy atom. The topological polar surface area (TPSA) is 247 Å². The average Bonchev–Trinajstić information content (AvgIpc) is 1.48. The van der Waals surface area contributed by atoms with Crippen molar-refractivity contribution in [2.24, 2.45) is 0 Å². The summed E-state index contributed by atoms with van der Waals surface area (Å²) in [5.41, 5.74) is 7.65. The monoisotopic (exact) mass is 1950 g/mol. The van der Waals surface area contributed by atoms with Crippen LogP contribution < -0.4 is 43.6 Å². The van der Waals surface area contributed by atoms with E-state index in [2.05, 4.69) is 105 Å². The molecule has 0 spiro atoms. The van der Waals surface area contributed by atoms with Gasteiger partial charge in [0.05, 0.1) is 90.1 Å². The van der Waals surface area contributed by atoms with Crippen LogP contribution in [0.1, 0.15) is 110 Å². The predicted octanol–water partition coefficient (Wildman–Crippen LogP) is 13.1. The Labute approximate surface area is 818 Å². The molecule has 9 aliphatic rings. The van der Waals surface area contributed by atoms with Gasteiger partial charge in [0.25, 0.3) is 0 Å². The number of anilines is 6. The Kier molecular flexibility index (Phi) is 40.4. The third-order valence-corrected chi connectivity index (χ3v) is 26.5. The lowest BCUT2D eigenvalue weighted by Crippen LogP contribution is -2.56. The molecule has 0 bridgehead atoms. The molecule has 6 saturated heterocycles. The van der Waals surface area contributed by atoms with Crippen LogP contribution in [-0.2, 0) is 65.9 Å². The number of carbonyl (C=O) groups is 3. The van der Waals surface area contributed by atoms with E-state index in [1.807, 2.05) is 41.3 Å². The maximum Gasteiger partial charge on any atom is 0.419 e. The van der Waals surface area contributed by atoms with Crippen molar-refractivity contribution in [3.8, 4) is 30.2 Å². The summed E-state index contributed by atoms with van der Waals surface area (Å²) in [4.78, 5) is 95.1. The molecule has 12 heterocycles. The lowest BCUT2D eigenvalue weighted by molar-refractivity contribution is -0.137. The number of ether oxygens (including phenoxy) is 3. The van der Waals surface area contributed by atoms with Gasteiger partial charge >= 0.3 is 24.2 Å². The zero-order valence-corrected chi connectivity index (χ0v) is 82.1. The lowest BCUT2D eigenvalue weighted by Gasteiger charge is -2.42. The fraction of sp³-hybridized carbons (Fsp3) is 0.500. The number of hydrogen-bond donors (Lipinski definition) is 0. The summed E-state index contributed by atoms with van der Waals surface area (Å²) >= 11 is 12.6. The molecule has 4 aromatic carbocycles. The van der Waals surface area contributed by atoms with Crippen LogP contribution in [-0.4, -0.2) is 258 Å². The SMILES string of the molecule is C=CC(=O)N1CCN(c2nc(OC[C@@H]3CCCN3C)nc3c2CCN(c2cccc(Cl)c2CC)C3)C[C@@H]1CC#N.C=CC(=O)N1CCN(c2nc(OC[C@@H]3CCCN3CC)nc3c2CCN(c2cccc(Cl)c2C(F)(F)F)C3)C[C@@H]1CC#N.S.S.S.S.S.S.[C-]#[N+]C[C@H]1CN(c2nc(OC[C@@H]3CCCN3C)nc3c2CCN(c2cccc4cccc(F)c24)C3)CCN1C(=O)C=C. The van der Waals surface area contributed by atoms with Crippen molar-refractivity contribution in [1.82, 2.24) is 59.3 Å². The minimum Gasteiger partial charge on any atom is -0.462 e. The third kappa shape index (κ3) is 24.8. The molecule has 0 N–H and O–H groups in total. The van der Waals surface area contributed by atoms with Crippen molar-refractivity contribution in [2.75, 3.05) is 175 Å². The van der Waals surface area contributed by atoms with Crippen molar-refractivity contribution in [3.63, 3.8) is 0 Å². The quantitative estimate of drug-likeness (QED) is 0.0328. The second-order valence-electron chi connectivity index (χ2n) is 33.1. The number of hydrogen-bond acceptors (Lipinski definition) is 23. The summed E-state index contributed by atoms with van der Waals surface area (Å²) in [5, 5.41) is 20.9. The Morgan fingerprint density at radius 2 is 0.893 bits per heavy atom. The van der Waals surface area contributed by atoms with E-state index in [1.54, 1.807) is 25.7 Å². The molecule has 0 unspecified atom stereocenters. The Hall–Kier alpha value is -9.04. The summed E-state index contributed by atoms with van der Waals surface area (Å²) in [6.07, 6.45) is 8.96. The number of rotatable bonds is 23. The number of fused-ring (bicyclic) bond motifs is 4. The molecule has 6 atom stereocenters. The molecule has 9 aliphatic heterocycles. The highest BCUT2D eigenvalue weighted by atomic mass is 35.5. The van der Waals surface area contributed by atoms with Crippen molar-refractivity contribution in [3.05, 3.63) is 183 Å². The van der Waals surface area contributed by atoms with Gasteiger partial charge < -0.3 is 73.0 Å². The minimum atomic E-state index is -4.62. The van der Waals surface area contributed by atoms with Crippen LogP contribution >= 0.6 is 104 Å². The van der Waals surface area contributed by atoms with Crippen molar-refractivity contribution in [1.29, 1.82) is 10.5 Å². The first-order valence-corrected chi connectivity index (χ1v) is 44.2. The maximum absolute atomic E-state index is 15.0. The van der Waals surface area contributed by atoms with E-state index in [0.29, 0.717) is 159 Å². The fourth-order valence-electron chi connectivity index (χ4n) is 19.1. The Balaban J connectivity index is 0.000000237. The molecule has 7 aromatic rings. The average molecular weight is 1960 g/mol. The highest BCUT2D eigenvalue weighted by Gasteiger charge is 2.42. The van der Waals surface area contributed by atoms with E-state index in [9.17, 15) is 38.1 Å². The maximum atomic E-state index is 15.0. The number of aromatic nitrogens is 6. The van der Waals surface area contributed by atoms with Crippen LogP contribution in [0.5, 0.6) is 18.0 Å². The Bertz CT molecular complexity index is 5270. The number of carbonyl (C=O) groups excluding carboxylic acids is 3. The van der Waals surface area contributed by atoms with Gasteiger partial charge in [-0.15, -0.1) is 0 Å². The summed E-state index contributed by atoms with van der Waals surface area (Å²) in [5.74, 6) is 1.53. The molecule has 0 aliphatic carbocycles. The van der Waals surface area contributed by atoms with Gasteiger partial charge in [-0.05, 0) is 170 Å². The molecule has 708 valence electrons. The van der Waals surface area contributed by atoms with Gasteiger partial charge in [0.1, 0.15) is 49.1 Å². The van der Waals surface area contributed by atoms with E-state index < -0.39 is 11.7 Å². The van der Waals surface area contributed by atoms with E-state index in [-0.39, 0.29) is 171 Å². The minimum absolute atomic E-state index is 0. The summed E-state index contributed by atoms with van der Waals surface area (Å²) < 4.78 is 75.8. The van der Waals surface area contributed by atoms with Crippen LogP contribution in [0.2, 0.25) is 10.0 Å². The van der Waals surface area contributed by atoms with Crippen LogP contribution in [0.25, 0.3) is 15.6 Å². The molecular weight excluding hydrogens is 1830 g/mol. The molecule has 16 rings (SSSR count). The second-order valence-corrected chi connectivity index (χ2v) is 33.9. The zero-order valence-electron chi connectivity index (χ0n) is 74.6. The zero-order chi connectivity index (χ0) is 88.2. The van der Waals surface area contributed by atoms with Gasteiger partial charge in [-0.25, -0.2) is 11.0 Å². The third-order valence-electron chi connectivity index (χ3n) is 25.8. The normalized spacial score (nSPS) is 20.0. The van der Waals surface area contributed by atoms with Crippen molar-refractivity contribution in [2.45, 2.75) is 153 Å². The smallest absolute Gasteiger partial charge is 0.419 e. The predicted molar refractivity (Wildman–Crippen MR) is 538 cm³/mol.